The van der Waals surface area contributed by atoms with Crippen molar-refractivity contribution in [3.63, 3.8) is 0 Å². The maximum absolute atomic E-state index is 11.1. The van der Waals surface area contributed by atoms with Crippen LogP contribution in [0.25, 0.3) is 11.5 Å². The number of aldehydes is 1. The second-order valence-electron chi connectivity index (χ2n) is 4.32. The summed E-state index contributed by atoms with van der Waals surface area (Å²) in [6, 6.07) is 3.51. The fourth-order valence-electron chi connectivity index (χ4n) is 1.69. The molecule has 0 radical (unpaired) electrons. The average Bonchev–Trinajstić information content (AvgIpc) is 2.87. The smallest absolute Gasteiger partial charge is 0.156 e. The van der Waals surface area contributed by atoms with Gasteiger partial charge in [0, 0.05) is 6.54 Å². The van der Waals surface area contributed by atoms with E-state index in [9.17, 15) is 4.79 Å². The molecular formula is C12H15N3O2. The van der Waals surface area contributed by atoms with Gasteiger partial charge in [0.15, 0.2) is 12.0 Å². The zero-order chi connectivity index (χ0) is 12.4. The van der Waals surface area contributed by atoms with Crippen LogP contribution in [0.15, 0.2) is 22.8 Å². The standard InChI is InChI=1S/C12H15N3O2/c1-8(2)6-15-12(13)9(7-16)11(14-15)10-4-3-5-17-10/h3-5,7-8H,6,13H2,1-2H3. The van der Waals surface area contributed by atoms with Crippen LogP contribution in [-0.2, 0) is 6.54 Å². The maximum Gasteiger partial charge on any atom is 0.156 e. The summed E-state index contributed by atoms with van der Waals surface area (Å²) in [5, 5.41) is 4.33. The van der Waals surface area contributed by atoms with Crippen molar-refractivity contribution in [3.05, 3.63) is 24.0 Å². The molecule has 0 saturated carbocycles. The van der Waals surface area contributed by atoms with E-state index in [2.05, 4.69) is 18.9 Å². The van der Waals surface area contributed by atoms with Gasteiger partial charge >= 0.3 is 0 Å². The Morgan fingerprint density at radius 1 is 1.59 bits per heavy atom. The zero-order valence-electron chi connectivity index (χ0n) is 9.88. The SMILES string of the molecule is CC(C)Cn1nc(-c2ccco2)c(C=O)c1N. The Balaban J connectivity index is 2.49. The van der Waals surface area contributed by atoms with E-state index in [1.165, 1.54) is 0 Å². The topological polar surface area (TPSA) is 74.0 Å². The Kier molecular flexibility index (Phi) is 2.99. The predicted molar refractivity (Wildman–Crippen MR) is 64.6 cm³/mol. The van der Waals surface area contributed by atoms with Gasteiger partial charge in [0.05, 0.1) is 11.8 Å². The fraction of sp³-hybridized carbons (Fsp3) is 0.333. The molecule has 2 heterocycles. The number of rotatable bonds is 4. The molecule has 5 nitrogen and oxygen atoms in total. The highest BCUT2D eigenvalue weighted by molar-refractivity contribution is 5.90. The molecule has 0 spiro atoms. The lowest BCUT2D eigenvalue weighted by atomic mass is 10.2. The lowest BCUT2D eigenvalue weighted by Gasteiger charge is -2.06. The summed E-state index contributed by atoms with van der Waals surface area (Å²) in [7, 11) is 0. The van der Waals surface area contributed by atoms with E-state index in [0.717, 1.165) is 6.29 Å². The van der Waals surface area contributed by atoms with Crippen LogP contribution in [0.1, 0.15) is 24.2 Å². The number of carbonyl (C=O) groups is 1. The normalized spacial score (nSPS) is 11.0. The van der Waals surface area contributed by atoms with Crippen molar-refractivity contribution < 1.29 is 9.21 Å². The zero-order valence-corrected chi connectivity index (χ0v) is 9.88. The van der Waals surface area contributed by atoms with Gasteiger partial charge in [-0.3, -0.25) is 4.79 Å². The van der Waals surface area contributed by atoms with E-state index >= 15 is 0 Å². The number of anilines is 1. The number of hydrogen-bond donors (Lipinski definition) is 1. The molecule has 2 aromatic rings. The summed E-state index contributed by atoms with van der Waals surface area (Å²) < 4.78 is 6.89. The highest BCUT2D eigenvalue weighted by Crippen LogP contribution is 2.26. The van der Waals surface area contributed by atoms with E-state index in [1.54, 1.807) is 23.1 Å². The summed E-state index contributed by atoms with van der Waals surface area (Å²) in [6.07, 6.45) is 2.26. The molecular weight excluding hydrogens is 218 g/mol. The molecule has 0 amide bonds. The second-order valence-corrected chi connectivity index (χ2v) is 4.32. The van der Waals surface area contributed by atoms with Crippen LogP contribution in [0.2, 0.25) is 0 Å². The van der Waals surface area contributed by atoms with Crippen molar-refractivity contribution >= 4 is 12.1 Å². The number of nitrogen functional groups attached to an aromatic ring is 1. The van der Waals surface area contributed by atoms with Gasteiger partial charge in [0.25, 0.3) is 0 Å². The van der Waals surface area contributed by atoms with Crippen molar-refractivity contribution in [2.45, 2.75) is 20.4 Å². The van der Waals surface area contributed by atoms with Crippen molar-refractivity contribution in [3.8, 4) is 11.5 Å². The molecule has 0 saturated heterocycles. The van der Waals surface area contributed by atoms with Gasteiger partial charge < -0.3 is 10.2 Å². The lowest BCUT2D eigenvalue weighted by Crippen LogP contribution is -2.09. The van der Waals surface area contributed by atoms with E-state index in [1.807, 2.05) is 0 Å². The first kappa shape index (κ1) is 11.4. The van der Waals surface area contributed by atoms with E-state index in [0.29, 0.717) is 35.3 Å². The minimum absolute atomic E-state index is 0.389. The van der Waals surface area contributed by atoms with E-state index in [4.69, 9.17) is 10.2 Å². The molecule has 90 valence electrons. The Hall–Kier alpha value is -2.04. The van der Waals surface area contributed by atoms with E-state index < -0.39 is 0 Å². The first-order chi connectivity index (χ1) is 8.13. The first-order valence-corrected chi connectivity index (χ1v) is 5.48. The minimum Gasteiger partial charge on any atom is -0.463 e. The van der Waals surface area contributed by atoms with Crippen LogP contribution in [0, 0.1) is 5.92 Å². The van der Waals surface area contributed by atoms with Gasteiger partial charge in [0.2, 0.25) is 0 Å². The maximum atomic E-state index is 11.1. The molecule has 2 N–H and O–H groups in total. The number of aromatic nitrogens is 2. The molecule has 0 atom stereocenters. The summed E-state index contributed by atoms with van der Waals surface area (Å²) in [5.74, 6) is 1.35. The number of furan rings is 1. The Labute approximate surface area is 99.2 Å². The van der Waals surface area contributed by atoms with Gasteiger partial charge in [-0.1, -0.05) is 13.8 Å². The summed E-state index contributed by atoms with van der Waals surface area (Å²) in [4.78, 5) is 11.1. The van der Waals surface area contributed by atoms with Crippen LogP contribution in [0.3, 0.4) is 0 Å². The van der Waals surface area contributed by atoms with Crippen LogP contribution < -0.4 is 5.73 Å². The molecule has 2 aromatic heterocycles. The predicted octanol–water partition coefficient (Wildman–Crippen LogP) is 2.19. The average molecular weight is 233 g/mol. The lowest BCUT2D eigenvalue weighted by molar-refractivity contribution is 0.112. The van der Waals surface area contributed by atoms with Gasteiger partial charge in [-0.15, -0.1) is 0 Å². The highest BCUT2D eigenvalue weighted by atomic mass is 16.3. The number of carbonyl (C=O) groups excluding carboxylic acids is 1. The van der Waals surface area contributed by atoms with Crippen LogP contribution in [-0.4, -0.2) is 16.1 Å². The van der Waals surface area contributed by atoms with Gasteiger partial charge in [0.1, 0.15) is 11.5 Å². The first-order valence-electron chi connectivity index (χ1n) is 5.48. The van der Waals surface area contributed by atoms with Crippen LogP contribution in [0.4, 0.5) is 5.82 Å². The summed E-state index contributed by atoms with van der Waals surface area (Å²) >= 11 is 0. The summed E-state index contributed by atoms with van der Waals surface area (Å²) in [5.41, 5.74) is 6.79. The highest BCUT2D eigenvalue weighted by Gasteiger charge is 2.18. The van der Waals surface area contributed by atoms with E-state index in [-0.39, 0.29) is 0 Å². The number of hydrogen-bond acceptors (Lipinski definition) is 4. The van der Waals surface area contributed by atoms with Gasteiger partial charge in [-0.2, -0.15) is 5.10 Å². The third-order valence-electron chi connectivity index (χ3n) is 2.44. The fourth-order valence-corrected chi connectivity index (χ4v) is 1.69. The molecule has 0 unspecified atom stereocenters. The molecule has 0 fully saturated rings. The molecule has 0 aliphatic rings. The quantitative estimate of drug-likeness (QED) is 0.821. The third kappa shape index (κ3) is 2.08. The Morgan fingerprint density at radius 2 is 2.35 bits per heavy atom. The minimum atomic E-state index is 0.389. The molecule has 0 aromatic carbocycles. The third-order valence-corrected chi connectivity index (χ3v) is 2.44. The van der Waals surface area contributed by atoms with Crippen LogP contribution >= 0.6 is 0 Å². The molecule has 17 heavy (non-hydrogen) atoms. The monoisotopic (exact) mass is 233 g/mol. The van der Waals surface area contributed by atoms with Crippen molar-refractivity contribution in [2.24, 2.45) is 5.92 Å². The second kappa shape index (κ2) is 4.45. The molecule has 0 aliphatic heterocycles. The molecule has 0 bridgehead atoms. The van der Waals surface area contributed by atoms with Crippen LogP contribution in [0.5, 0.6) is 0 Å². The number of nitrogens with two attached hydrogens (primary N) is 1. The summed E-state index contributed by atoms with van der Waals surface area (Å²) in [6.45, 7) is 4.80. The Morgan fingerprint density at radius 3 is 2.88 bits per heavy atom. The molecule has 0 aliphatic carbocycles. The van der Waals surface area contributed by atoms with Gasteiger partial charge in [-0.05, 0) is 18.1 Å². The molecule has 5 heteroatoms. The largest absolute Gasteiger partial charge is 0.463 e. The molecule has 2 rings (SSSR count). The van der Waals surface area contributed by atoms with Crippen molar-refractivity contribution in [1.82, 2.24) is 9.78 Å². The Bertz CT molecular complexity index is 512. The number of nitrogens with zero attached hydrogens (tertiary/aromatic N) is 2. The van der Waals surface area contributed by atoms with Crippen molar-refractivity contribution in [2.75, 3.05) is 5.73 Å². The van der Waals surface area contributed by atoms with Gasteiger partial charge in [-0.25, -0.2) is 4.68 Å². The van der Waals surface area contributed by atoms with Crippen molar-refractivity contribution in [1.29, 1.82) is 0 Å².